The minimum Gasteiger partial charge on any atom is -0.462 e. The minimum absolute atomic E-state index is 0.0177. The summed E-state index contributed by atoms with van der Waals surface area (Å²) in [5.41, 5.74) is 0.313. The molecule has 0 amide bonds. The van der Waals surface area contributed by atoms with Gasteiger partial charge in [0.15, 0.2) is 0 Å². The maximum absolute atomic E-state index is 11.7. The number of rotatable bonds is 14. The van der Waals surface area contributed by atoms with Crippen LogP contribution in [-0.2, 0) is 23.1 Å². The fourth-order valence-corrected chi connectivity index (χ4v) is 3.08. The van der Waals surface area contributed by atoms with Crippen molar-refractivity contribution in [2.24, 2.45) is 0 Å². The van der Waals surface area contributed by atoms with Crippen LogP contribution in [0, 0.1) is 0 Å². The number of nitrogens with zero attached hydrogens (tertiary/aromatic N) is 1. The van der Waals surface area contributed by atoms with Crippen LogP contribution in [0.1, 0.15) is 40.5 Å². The molecule has 0 aromatic heterocycles. The molecule has 0 aromatic rings. The summed E-state index contributed by atoms with van der Waals surface area (Å²) in [5, 5.41) is 0. The van der Waals surface area contributed by atoms with Crippen molar-refractivity contribution in [2.75, 3.05) is 46.0 Å². The molecule has 142 valence electrons. The lowest BCUT2D eigenvalue weighted by atomic mass is 10.3. The summed E-state index contributed by atoms with van der Waals surface area (Å²) < 4.78 is 27.4. The van der Waals surface area contributed by atoms with Crippen LogP contribution in [0.15, 0.2) is 12.2 Å². The quantitative estimate of drug-likeness (QED) is 0.167. The van der Waals surface area contributed by atoms with Crippen LogP contribution in [0.4, 0.5) is 0 Å². The summed E-state index contributed by atoms with van der Waals surface area (Å²) >= 11 is 0. The van der Waals surface area contributed by atoms with Crippen molar-refractivity contribution in [3.05, 3.63) is 12.2 Å². The Balaban J connectivity index is 3.92. The van der Waals surface area contributed by atoms with Gasteiger partial charge in [-0.25, -0.2) is 9.36 Å². The first-order valence-corrected chi connectivity index (χ1v) is 10.0. The Labute approximate surface area is 145 Å². The van der Waals surface area contributed by atoms with Crippen LogP contribution in [-0.4, -0.2) is 61.3 Å². The molecule has 0 saturated carbocycles. The molecule has 0 bridgehead atoms. The predicted octanol–water partition coefficient (Wildman–Crippen LogP) is 2.90. The van der Waals surface area contributed by atoms with Crippen molar-refractivity contribution in [1.29, 1.82) is 0 Å². The number of quaternary nitrogens is 1. The number of hydrogen-bond donors (Lipinski definition) is 1. The lowest BCUT2D eigenvalue weighted by molar-refractivity contribution is -0.923. The third kappa shape index (κ3) is 9.55. The largest absolute Gasteiger partial charge is 0.472 e. The Morgan fingerprint density at radius 3 is 2.00 bits per heavy atom. The summed E-state index contributed by atoms with van der Waals surface area (Å²) in [5.74, 6) is -0.484. The Morgan fingerprint density at radius 2 is 1.54 bits per heavy atom. The second kappa shape index (κ2) is 11.8. The first-order chi connectivity index (χ1) is 11.2. The molecule has 0 aliphatic heterocycles. The van der Waals surface area contributed by atoms with Crippen LogP contribution >= 0.6 is 7.82 Å². The monoisotopic (exact) mass is 366 g/mol. The zero-order chi connectivity index (χ0) is 18.6. The first kappa shape index (κ1) is 23.3. The molecule has 8 heteroatoms. The minimum atomic E-state index is -4.05. The van der Waals surface area contributed by atoms with Gasteiger partial charge in [0.05, 0.1) is 46.0 Å². The lowest BCUT2D eigenvalue weighted by Gasteiger charge is -2.35. The summed E-state index contributed by atoms with van der Waals surface area (Å²) in [4.78, 5) is 20.7. The number of esters is 1. The lowest BCUT2D eigenvalue weighted by Crippen LogP contribution is -2.48. The molecule has 0 aliphatic rings. The molecular weight excluding hydrogens is 333 g/mol. The van der Waals surface area contributed by atoms with E-state index in [1.54, 1.807) is 6.92 Å². The van der Waals surface area contributed by atoms with Gasteiger partial charge in [-0.05, 0) is 27.7 Å². The second-order valence-electron chi connectivity index (χ2n) is 5.77. The van der Waals surface area contributed by atoms with Crippen molar-refractivity contribution in [2.45, 2.75) is 40.5 Å². The highest BCUT2D eigenvalue weighted by Gasteiger charge is 2.23. The molecule has 0 radical (unpaired) electrons. The van der Waals surface area contributed by atoms with E-state index in [1.165, 1.54) is 0 Å². The van der Waals surface area contributed by atoms with Gasteiger partial charge in [-0.3, -0.25) is 9.05 Å². The second-order valence-corrected chi connectivity index (χ2v) is 7.23. The van der Waals surface area contributed by atoms with E-state index >= 15 is 0 Å². The maximum atomic E-state index is 11.7. The molecule has 7 nitrogen and oxygen atoms in total. The predicted molar refractivity (Wildman–Crippen MR) is 93.5 cm³/mol. The van der Waals surface area contributed by atoms with Crippen molar-refractivity contribution in [3.8, 4) is 0 Å². The molecule has 0 fully saturated rings. The molecule has 0 rings (SSSR count). The Kier molecular flexibility index (Phi) is 11.4. The van der Waals surface area contributed by atoms with Crippen LogP contribution in [0.2, 0.25) is 0 Å². The molecule has 1 unspecified atom stereocenters. The maximum Gasteiger partial charge on any atom is 0.472 e. The molecule has 0 aliphatic carbocycles. The average molecular weight is 366 g/mol. The van der Waals surface area contributed by atoms with Gasteiger partial charge >= 0.3 is 13.8 Å². The van der Waals surface area contributed by atoms with E-state index in [0.717, 1.165) is 30.7 Å². The van der Waals surface area contributed by atoms with E-state index in [0.29, 0.717) is 18.4 Å². The number of phosphoric ester groups is 1. The van der Waals surface area contributed by atoms with E-state index in [1.807, 2.05) is 0 Å². The van der Waals surface area contributed by atoms with E-state index in [4.69, 9.17) is 13.8 Å². The fourth-order valence-electron chi connectivity index (χ4n) is 2.29. The fraction of sp³-hybridized carbons (Fsp3) is 0.812. The number of carbonyl (C=O) groups excluding carboxylic acids is 1. The number of phosphoric acid groups is 1. The molecular formula is C16H33NO6P+. The van der Waals surface area contributed by atoms with E-state index in [2.05, 4.69) is 27.4 Å². The summed E-state index contributed by atoms with van der Waals surface area (Å²) in [6, 6.07) is 0. The Morgan fingerprint density at radius 1 is 1.04 bits per heavy atom. The number of carbonyl (C=O) groups is 1. The van der Waals surface area contributed by atoms with E-state index in [9.17, 15) is 14.3 Å². The smallest absolute Gasteiger partial charge is 0.462 e. The SMILES string of the molecule is C=C(C)C(=O)OCCCOP(=O)(O)OCCC[N+](CC)(CC)CC. The molecule has 1 N–H and O–H groups in total. The number of ether oxygens (including phenoxy) is 1. The standard InChI is InChI=1S/C16H32NO6P/c1-6-17(7-2,8-3)11-9-13-22-24(19,20)23-14-10-12-21-16(18)15(4)5/h4,6-14H2,1-3,5H3/p+1. The first-order valence-electron chi connectivity index (χ1n) is 8.51. The van der Waals surface area contributed by atoms with Gasteiger partial charge in [0.2, 0.25) is 0 Å². The molecule has 0 spiro atoms. The van der Waals surface area contributed by atoms with Crippen LogP contribution in [0.25, 0.3) is 0 Å². The normalized spacial score (nSPS) is 14.2. The highest BCUT2D eigenvalue weighted by atomic mass is 31.2. The van der Waals surface area contributed by atoms with E-state index in [-0.39, 0.29) is 19.8 Å². The molecule has 0 saturated heterocycles. The average Bonchev–Trinajstić information content (AvgIpc) is 2.55. The zero-order valence-electron chi connectivity index (χ0n) is 15.5. The third-order valence-electron chi connectivity index (χ3n) is 4.17. The van der Waals surface area contributed by atoms with Crippen molar-refractivity contribution < 1.29 is 32.5 Å². The van der Waals surface area contributed by atoms with Crippen molar-refractivity contribution >= 4 is 13.8 Å². The number of hydrogen-bond acceptors (Lipinski definition) is 5. The Bertz CT molecular complexity index is 428. The van der Waals surface area contributed by atoms with Crippen LogP contribution in [0.3, 0.4) is 0 Å². The summed E-state index contributed by atoms with van der Waals surface area (Å²) in [7, 11) is -4.05. The van der Waals surface area contributed by atoms with E-state index < -0.39 is 13.8 Å². The molecule has 0 aromatic carbocycles. The van der Waals surface area contributed by atoms with Crippen LogP contribution < -0.4 is 0 Å². The van der Waals surface area contributed by atoms with Crippen molar-refractivity contribution in [3.63, 3.8) is 0 Å². The summed E-state index contributed by atoms with van der Waals surface area (Å²) in [6.07, 6.45) is 1.01. The van der Waals surface area contributed by atoms with Gasteiger partial charge in [0, 0.05) is 18.4 Å². The van der Waals surface area contributed by atoms with Gasteiger partial charge < -0.3 is 14.1 Å². The molecule has 0 heterocycles. The molecule has 1 atom stereocenters. The summed E-state index contributed by atoms with van der Waals surface area (Å²) in [6.45, 7) is 15.7. The van der Waals surface area contributed by atoms with Gasteiger partial charge in [0.25, 0.3) is 0 Å². The Hall–Kier alpha value is -0.720. The van der Waals surface area contributed by atoms with Crippen LogP contribution in [0.5, 0.6) is 0 Å². The zero-order valence-corrected chi connectivity index (χ0v) is 16.3. The molecule has 24 heavy (non-hydrogen) atoms. The van der Waals surface area contributed by atoms with Gasteiger partial charge in [-0.2, -0.15) is 0 Å². The van der Waals surface area contributed by atoms with Gasteiger partial charge in [0.1, 0.15) is 0 Å². The van der Waals surface area contributed by atoms with Crippen molar-refractivity contribution in [1.82, 2.24) is 0 Å². The van der Waals surface area contributed by atoms with Gasteiger partial charge in [-0.1, -0.05) is 6.58 Å². The third-order valence-corrected chi connectivity index (χ3v) is 5.19. The van der Waals surface area contributed by atoms with Gasteiger partial charge in [-0.15, -0.1) is 0 Å². The topological polar surface area (TPSA) is 82.1 Å². The highest BCUT2D eigenvalue weighted by molar-refractivity contribution is 7.47. The highest BCUT2D eigenvalue weighted by Crippen LogP contribution is 2.43.